The zero-order chi connectivity index (χ0) is 45.8. The van der Waals surface area contributed by atoms with Crippen molar-refractivity contribution in [2.75, 3.05) is 4.90 Å². The van der Waals surface area contributed by atoms with Gasteiger partial charge >= 0.3 is 21.1 Å². The largest absolute Gasteiger partial charge is 2.00 e. The summed E-state index contributed by atoms with van der Waals surface area (Å²) in [5, 5.41) is 0. The van der Waals surface area contributed by atoms with Gasteiger partial charge in [-0.25, -0.2) is 4.98 Å². The second-order valence-corrected chi connectivity index (χ2v) is 20.1. The van der Waals surface area contributed by atoms with Crippen molar-refractivity contribution < 1.29 is 33.3 Å². The van der Waals surface area contributed by atoms with Crippen LogP contribution in [0.15, 0.2) is 96.1 Å². The molecule has 0 radical (unpaired) electrons. The quantitative estimate of drug-likeness (QED) is 0.150. The van der Waals surface area contributed by atoms with E-state index in [0.717, 1.165) is 50.6 Å². The Labute approximate surface area is 393 Å². The van der Waals surface area contributed by atoms with Gasteiger partial charge in [0.25, 0.3) is 0 Å². The van der Waals surface area contributed by atoms with Gasteiger partial charge in [0.05, 0.1) is 6.04 Å². The van der Waals surface area contributed by atoms with E-state index in [1.807, 2.05) is 25.3 Å². The molecule has 5 aromatic carbocycles. The van der Waals surface area contributed by atoms with Crippen molar-refractivity contribution in [3.8, 4) is 22.6 Å². The molecule has 0 N–H and O–H groups in total. The van der Waals surface area contributed by atoms with Gasteiger partial charge in [-0.15, -0.1) is 24.3 Å². The predicted molar refractivity (Wildman–Crippen MR) is 255 cm³/mol. The number of aromatic nitrogens is 1. The number of aliphatic imine (C=N–C) groups is 1. The van der Waals surface area contributed by atoms with Crippen molar-refractivity contribution in [2.45, 2.75) is 137 Å². The van der Waals surface area contributed by atoms with Crippen LogP contribution in [0, 0.1) is 32.9 Å². The molecule has 6 aromatic rings. The molecule has 0 spiro atoms. The Bertz CT molecular complexity index is 2870. The molecule has 326 valence electrons. The first-order valence-electron chi connectivity index (χ1n) is 23.3. The summed E-state index contributed by atoms with van der Waals surface area (Å²) in [4.78, 5) is 12.5. The van der Waals surface area contributed by atoms with Crippen LogP contribution in [0.1, 0.15) is 151 Å². The molecule has 0 saturated heterocycles. The molecule has 2 atom stereocenters. The van der Waals surface area contributed by atoms with E-state index >= 15 is 0 Å². The first kappa shape index (κ1) is 42.0. The normalized spacial score (nSPS) is 19.8. The summed E-state index contributed by atoms with van der Waals surface area (Å²) < 4.78 is 32.4. The zero-order valence-corrected chi connectivity index (χ0v) is 41.3. The molecule has 63 heavy (non-hydrogen) atoms. The fraction of sp³-hybridized carbons (Fsp3) is 0.368. The zero-order valence-electron chi connectivity index (χ0n) is 41.1. The van der Waals surface area contributed by atoms with Crippen molar-refractivity contribution in [2.24, 2.45) is 4.99 Å². The number of hydrogen-bond donors (Lipinski definition) is 0. The maximum Gasteiger partial charge on any atom is 2.00 e. The first-order chi connectivity index (χ1) is 30.1. The molecule has 6 heteroatoms. The smallest absolute Gasteiger partial charge is 0.508 e. The minimum atomic E-state index is -1.56. The number of aryl methyl sites for hydroxylation is 3. The van der Waals surface area contributed by atoms with E-state index < -0.39 is 18.0 Å². The molecule has 2 aliphatic heterocycles. The summed E-state index contributed by atoms with van der Waals surface area (Å²) in [7, 11) is 0. The van der Waals surface area contributed by atoms with E-state index in [9.17, 15) is 2.74 Å². The Morgan fingerprint density at radius 1 is 0.810 bits per heavy atom. The second kappa shape index (κ2) is 16.2. The van der Waals surface area contributed by atoms with Crippen LogP contribution < -0.4 is 9.64 Å². The molecule has 0 bridgehead atoms. The summed E-state index contributed by atoms with van der Waals surface area (Å²) >= 11 is 0. The minimum absolute atomic E-state index is 0. The third kappa shape index (κ3) is 7.77. The Morgan fingerprint density at radius 3 is 2.21 bits per heavy atom. The maximum atomic E-state index is 9.21. The third-order valence-corrected chi connectivity index (χ3v) is 13.3. The van der Waals surface area contributed by atoms with Gasteiger partial charge in [-0.2, -0.15) is 5.56 Å². The van der Waals surface area contributed by atoms with Crippen LogP contribution in [-0.4, -0.2) is 16.9 Å². The number of pyridine rings is 1. The summed E-state index contributed by atoms with van der Waals surface area (Å²) in [5.74, 6) is 2.90. The number of fused-ring (bicyclic) bond motifs is 5. The average molecular weight is 1020 g/mol. The van der Waals surface area contributed by atoms with E-state index in [1.165, 1.54) is 27.8 Å². The third-order valence-electron chi connectivity index (χ3n) is 13.3. The fourth-order valence-electron chi connectivity index (χ4n) is 9.91. The van der Waals surface area contributed by atoms with Crippen LogP contribution in [-0.2, 0) is 48.6 Å². The Kier molecular flexibility index (Phi) is 10.8. The van der Waals surface area contributed by atoms with Gasteiger partial charge in [0.2, 0.25) is 0 Å². The number of hydrogen-bond acceptors (Lipinski definition) is 5. The molecule has 1 aromatic heterocycles. The molecule has 3 heterocycles. The summed E-state index contributed by atoms with van der Waals surface area (Å²) in [6.07, 6.45) is 0.523. The van der Waals surface area contributed by atoms with E-state index in [0.29, 0.717) is 28.5 Å². The molecule has 0 unspecified atom stereocenters. The fourth-order valence-corrected chi connectivity index (χ4v) is 9.91. The molecular weight excluding hydrogens is 954 g/mol. The Morgan fingerprint density at radius 2 is 1.51 bits per heavy atom. The Hall–Kier alpha value is -4.99. The number of ether oxygens (including phenoxy) is 2. The van der Waals surface area contributed by atoms with Gasteiger partial charge in [-0.05, 0) is 107 Å². The van der Waals surface area contributed by atoms with Gasteiger partial charge in [-0.3, -0.25) is 4.99 Å². The summed E-state index contributed by atoms with van der Waals surface area (Å²) in [6.45, 7) is 28.5. The number of benzene rings is 5. The number of anilines is 3. The molecule has 9 rings (SSSR count). The Balaban J connectivity index is 0.00000576. The van der Waals surface area contributed by atoms with E-state index in [4.69, 9.17) is 19.5 Å². The summed E-state index contributed by atoms with van der Waals surface area (Å²) in [5.41, 5.74) is 14.3. The van der Waals surface area contributed by atoms with Crippen LogP contribution in [0.5, 0.6) is 11.5 Å². The van der Waals surface area contributed by atoms with Gasteiger partial charge in [0.15, 0.2) is 0 Å². The van der Waals surface area contributed by atoms with Crippen molar-refractivity contribution >= 4 is 23.1 Å². The average Bonchev–Trinajstić information content (AvgIpc) is 3.56. The molecule has 3 aliphatic rings. The number of rotatable bonds is 7. The van der Waals surface area contributed by atoms with E-state index in [2.05, 4.69) is 173 Å². The maximum absolute atomic E-state index is 9.21. The van der Waals surface area contributed by atoms with Crippen molar-refractivity contribution in [1.29, 1.82) is 0 Å². The minimum Gasteiger partial charge on any atom is -0.508 e. The van der Waals surface area contributed by atoms with Gasteiger partial charge < -0.3 is 14.4 Å². The SMILES string of the molecule is [2H]C1([2H])C[C@H]2N=C(c3[c-]c(Oc4[c-]c(N5c6ccc(C(C)(C)C)cc6C(C)(C)c6cccnc65)cc(C)c4)cc(-c4c(C(C)C)cccc4C(C)C)c3)O[C@@]2(C)c2cc(C)cc(C)c21.[Pt+2]. The van der Waals surface area contributed by atoms with Crippen molar-refractivity contribution in [3.63, 3.8) is 0 Å². The van der Waals surface area contributed by atoms with E-state index in [-0.39, 0.29) is 50.2 Å². The van der Waals surface area contributed by atoms with Crippen LogP contribution in [0.2, 0.25) is 0 Å². The molecular formula is C57H61N3O2Pt. The van der Waals surface area contributed by atoms with Crippen LogP contribution >= 0.6 is 0 Å². The topological polar surface area (TPSA) is 47.0 Å². The monoisotopic (exact) mass is 1020 g/mol. The van der Waals surface area contributed by atoms with Crippen molar-refractivity contribution in [1.82, 2.24) is 4.98 Å². The molecule has 5 nitrogen and oxygen atoms in total. The van der Waals surface area contributed by atoms with E-state index in [1.54, 1.807) is 0 Å². The van der Waals surface area contributed by atoms with Crippen LogP contribution in [0.25, 0.3) is 11.1 Å². The van der Waals surface area contributed by atoms with Crippen LogP contribution in [0.3, 0.4) is 0 Å². The van der Waals surface area contributed by atoms with Crippen LogP contribution in [0.4, 0.5) is 17.2 Å². The molecule has 0 amide bonds. The number of nitrogens with zero attached hydrogens (tertiary/aromatic N) is 3. The molecule has 1 aliphatic carbocycles. The van der Waals surface area contributed by atoms with Gasteiger partial charge in [0.1, 0.15) is 17.3 Å². The standard InChI is InChI=1S/C57H61N3O2.Pt/c1-33(2)44-16-14-17-45(34(3)4)52(44)38-28-39(54-59-51-22-20-46-37(7)24-35(5)27-48(46)57(51,13)62-54)30-43(29-38)61-42-26-36(6)25-41(32-42)60-50-21-19-40(55(8,9)10)31-49(50)56(11,12)47-18-15-23-58-53(47)60;/h14-19,21,23-29,31,33-34,51H,20,22H2,1-13H3;/q-2;+2/t51-,57+;/m1./s1/i20D2;. The summed E-state index contributed by atoms with van der Waals surface area (Å²) in [6, 6.07) is 37.0. The second-order valence-electron chi connectivity index (χ2n) is 20.1. The molecule has 0 saturated carbocycles. The molecule has 0 fully saturated rings. The van der Waals surface area contributed by atoms with Gasteiger partial charge in [0, 0.05) is 37.1 Å². The predicted octanol–water partition coefficient (Wildman–Crippen LogP) is 14.7. The first-order valence-corrected chi connectivity index (χ1v) is 22.3. The van der Waals surface area contributed by atoms with Crippen molar-refractivity contribution in [3.05, 3.63) is 164 Å². The van der Waals surface area contributed by atoms with Gasteiger partial charge in [-0.1, -0.05) is 152 Å².